The van der Waals surface area contributed by atoms with Gasteiger partial charge in [-0.3, -0.25) is 0 Å². The molecule has 1 atom stereocenters. The number of rotatable bonds is 3. The predicted molar refractivity (Wildman–Crippen MR) is 73.2 cm³/mol. The molecule has 1 aromatic rings. The molecular formula is C12H13FN2S2. The number of anilines is 1. The Morgan fingerprint density at radius 1 is 1.47 bits per heavy atom. The van der Waals surface area contributed by atoms with Crippen molar-refractivity contribution in [2.45, 2.75) is 5.25 Å². The van der Waals surface area contributed by atoms with E-state index in [2.05, 4.69) is 5.32 Å². The molecule has 1 aromatic carbocycles. The number of halogens is 1. The molecule has 1 N–H and O–H groups in total. The van der Waals surface area contributed by atoms with Crippen molar-refractivity contribution < 1.29 is 4.39 Å². The maximum absolute atomic E-state index is 13.6. The summed E-state index contributed by atoms with van der Waals surface area (Å²) in [5.74, 6) is 3.16. The fourth-order valence-electron chi connectivity index (χ4n) is 1.61. The molecule has 0 radical (unpaired) electrons. The third kappa shape index (κ3) is 3.55. The maximum Gasteiger partial charge on any atom is 0.147 e. The van der Waals surface area contributed by atoms with Gasteiger partial charge in [0.05, 0.1) is 17.3 Å². The normalized spacial score (nSPS) is 19.6. The van der Waals surface area contributed by atoms with Crippen molar-refractivity contribution in [2.75, 3.05) is 29.1 Å². The van der Waals surface area contributed by atoms with Crippen LogP contribution in [0.1, 0.15) is 5.56 Å². The van der Waals surface area contributed by atoms with Crippen LogP contribution in [0, 0.1) is 17.1 Å². The van der Waals surface area contributed by atoms with Crippen molar-refractivity contribution >= 4 is 29.2 Å². The lowest BCUT2D eigenvalue weighted by Gasteiger charge is -2.21. The smallest absolute Gasteiger partial charge is 0.147 e. The van der Waals surface area contributed by atoms with E-state index in [1.807, 2.05) is 29.6 Å². The van der Waals surface area contributed by atoms with E-state index in [-0.39, 0.29) is 5.82 Å². The molecule has 0 spiro atoms. The average molecular weight is 268 g/mol. The van der Waals surface area contributed by atoms with E-state index < -0.39 is 0 Å². The van der Waals surface area contributed by atoms with Crippen molar-refractivity contribution in [3.05, 3.63) is 29.6 Å². The molecule has 1 heterocycles. The van der Waals surface area contributed by atoms with Gasteiger partial charge in [0.2, 0.25) is 0 Å². The molecule has 1 fully saturated rings. The summed E-state index contributed by atoms with van der Waals surface area (Å²) in [4.78, 5) is 0. The fraction of sp³-hybridized carbons (Fsp3) is 0.417. The van der Waals surface area contributed by atoms with Gasteiger partial charge in [-0.15, -0.1) is 0 Å². The van der Waals surface area contributed by atoms with Crippen molar-refractivity contribution in [1.82, 2.24) is 0 Å². The minimum atomic E-state index is -0.350. The number of nitriles is 1. The summed E-state index contributed by atoms with van der Waals surface area (Å²) in [7, 11) is 0. The van der Waals surface area contributed by atoms with E-state index >= 15 is 0 Å². The summed E-state index contributed by atoms with van der Waals surface area (Å²) >= 11 is 3.89. The average Bonchev–Trinajstić information content (AvgIpc) is 2.38. The van der Waals surface area contributed by atoms with Crippen molar-refractivity contribution in [1.29, 1.82) is 5.26 Å². The molecule has 2 rings (SSSR count). The molecule has 1 aliphatic rings. The van der Waals surface area contributed by atoms with E-state index in [9.17, 15) is 4.39 Å². The zero-order valence-corrected chi connectivity index (χ0v) is 10.9. The second kappa shape index (κ2) is 6.18. The first-order chi connectivity index (χ1) is 8.29. The zero-order valence-electron chi connectivity index (χ0n) is 9.28. The van der Waals surface area contributed by atoms with Gasteiger partial charge in [-0.1, -0.05) is 0 Å². The zero-order chi connectivity index (χ0) is 12.1. The van der Waals surface area contributed by atoms with E-state index in [0.717, 1.165) is 12.3 Å². The Morgan fingerprint density at radius 2 is 2.35 bits per heavy atom. The number of benzene rings is 1. The van der Waals surface area contributed by atoms with Crippen molar-refractivity contribution in [3.63, 3.8) is 0 Å². The lowest BCUT2D eigenvalue weighted by Crippen LogP contribution is -2.23. The lowest BCUT2D eigenvalue weighted by molar-refractivity contribution is 0.629. The Bertz CT molecular complexity index is 425. The van der Waals surface area contributed by atoms with Gasteiger partial charge >= 0.3 is 0 Å². The summed E-state index contributed by atoms with van der Waals surface area (Å²) in [5.41, 5.74) is 0.843. The standard InChI is InChI=1S/C12H13FN2S2/c13-11-5-9(6-14)1-2-12(11)15-7-10-8-16-3-4-17-10/h1-2,5,10,15H,3-4,7-8H2. The molecule has 0 aromatic heterocycles. The van der Waals surface area contributed by atoms with Crippen LogP contribution >= 0.6 is 23.5 Å². The van der Waals surface area contributed by atoms with Gasteiger partial charge in [0.15, 0.2) is 0 Å². The quantitative estimate of drug-likeness (QED) is 0.914. The third-order valence-corrected chi connectivity index (χ3v) is 5.35. The SMILES string of the molecule is N#Cc1ccc(NCC2CSCCS2)c(F)c1. The van der Waals surface area contributed by atoms with Crippen LogP contribution < -0.4 is 5.32 Å². The van der Waals surface area contributed by atoms with Crippen LogP contribution in [0.4, 0.5) is 10.1 Å². The molecule has 1 unspecified atom stereocenters. The molecule has 0 amide bonds. The van der Waals surface area contributed by atoms with E-state index in [1.54, 1.807) is 12.1 Å². The highest BCUT2D eigenvalue weighted by atomic mass is 32.2. The molecule has 0 aliphatic carbocycles. The van der Waals surface area contributed by atoms with Gasteiger partial charge in [0.25, 0.3) is 0 Å². The van der Waals surface area contributed by atoms with E-state index in [4.69, 9.17) is 5.26 Å². The molecule has 2 nitrogen and oxygen atoms in total. The Morgan fingerprint density at radius 3 is 3.00 bits per heavy atom. The molecule has 5 heteroatoms. The third-order valence-electron chi connectivity index (χ3n) is 2.50. The van der Waals surface area contributed by atoms with Crippen LogP contribution in [-0.2, 0) is 0 Å². The highest BCUT2D eigenvalue weighted by molar-refractivity contribution is 8.06. The first-order valence-electron chi connectivity index (χ1n) is 5.42. The Balaban J connectivity index is 1.92. The second-order valence-corrected chi connectivity index (χ2v) is 6.31. The monoisotopic (exact) mass is 268 g/mol. The largest absolute Gasteiger partial charge is 0.382 e. The molecular weight excluding hydrogens is 255 g/mol. The predicted octanol–water partition coefficient (Wildman–Crippen LogP) is 2.96. The molecule has 90 valence electrons. The van der Waals surface area contributed by atoms with Crippen LogP contribution in [0.25, 0.3) is 0 Å². The topological polar surface area (TPSA) is 35.8 Å². The van der Waals surface area contributed by atoms with Gasteiger partial charge in [-0.2, -0.15) is 28.8 Å². The Hall–Kier alpha value is -0.860. The summed E-state index contributed by atoms with van der Waals surface area (Å²) in [5, 5.41) is 12.3. The minimum Gasteiger partial charge on any atom is -0.382 e. The first-order valence-corrected chi connectivity index (χ1v) is 7.63. The van der Waals surface area contributed by atoms with Gasteiger partial charge in [0.1, 0.15) is 5.82 Å². The molecule has 1 saturated heterocycles. The van der Waals surface area contributed by atoms with Gasteiger partial charge in [0, 0.05) is 29.1 Å². The van der Waals surface area contributed by atoms with Gasteiger partial charge < -0.3 is 5.32 Å². The lowest BCUT2D eigenvalue weighted by atomic mass is 10.2. The van der Waals surface area contributed by atoms with Crippen LogP contribution in [0.5, 0.6) is 0 Å². The summed E-state index contributed by atoms with van der Waals surface area (Å²) in [6.07, 6.45) is 0. The summed E-state index contributed by atoms with van der Waals surface area (Å²) in [6.45, 7) is 0.778. The van der Waals surface area contributed by atoms with Gasteiger partial charge in [-0.25, -0.2) is 4.39 Å². The number of nitrogens with one attached hydrogen (secondary N) is 1. The number of nitrogens with zero attached hydrogens (tertiary/aromatic N) is 1. The first kappa shape index (κ1) is 12.6. The molecule has 0 saturated carbocycles. The van der Waals surface area contributed by atoms with Crippen LogP contribution in [-0.4, -0.2) is 29.1 Å². The summed E-state index contributed by atoms with van der Waals surface area (Å²) < 4.78 is 13.6. The minimum absolute atomic E-state index is 0.350. The van der Waals surface area contributed by atoms with Crippen LogP contribution in [0.15, 0.2) is 18.2 Å². The second-order valence-electron chi connectivity index (χ2n) is 3.76. The van der Waals surface area contributed by atoms with Crippen molar-refractivity contribution in [2.24, 2.45) is 0 Å². The number of hydrogen-bond donors (Lipinski definition) is 1. The Kier molecular flexibility index (Phi) is 4.57. The van der Waals surface area contributed by atoms with Crippen LogP contribution in [0.2, 0.25) is 0 Å². The van der Waals surface area contributed by atoms with Crippen LogP contribution in [0.3, 0.4) is 0 Å². The molecule has 0 bridgehead atoms. The van der Waals surface area contributed by atoms with E-state index in [1.165, 1.54) is 17.6 Å². The maximum atomic E-state index is 13.6. The fourth-order valence-corrected chi connectivity index (χ4v) is 4.22. The Labute approximate surface area is 109 Å². The summed E-state index contributed by atoms with van der Waals surface area (Å²) in [6, 6.07) is 6.46. The van der Waals surface area contributed by atoms with E-state index in [0.29, 0.717) is 16.5 Å². The molecule has 1 aliphatic heterocycles. The highest BCUT2D eigenvalue weighted by Crippen LogP contribution is 2.24. The molecule has 17 heavy (non-hydrogen) atoms. The highest BCUT2D eigenvalue weighted by Gasteiger charge is 2.14. The van der Waals surface area contributed by atoms with Crippen molar-refractivity contribution in [3.8, 4) is 6.07 Å². The number of thioether (sulfide) groups is 2. The number of hydrogen-bond acceptors (Lipinski definition) is 4. The van der Waals surface area contributed by atoms with Gasteiger partial charge in [-0.05, 0) is 18.2 Å².